The van der Waals surface area contributed by atoms with Gasteiger partial charge in [0.1, 0.15) is 0 Å². The summed E-state index contributed by atoms with van der Waals surface area (Å²) in [5.41, 5.74) is 5.90. The maximum absolute atomic E-state index is 11.2. The molecule has 2 fully saturated rings. The van der Waals surface area contributed by atoms with Crippen LogP contribution in [0.1, 0.15) is 27.1 Å². The fraction of sp³-hybridized carbons (Fsp3) is 0.889. The van der Waals surface area contributed by atoms with Gasteiger partial charge in [-0.3, -0.25) is 4.79 Å². The third kappa shape index (κ3) is 1.04. The Labute approximate surface area is 73.7 Å². The molecule has 2 aliphatic carbocycles. The summed E-state index contributed by atoms with van der Waals surface area (Å²) >= 11 is 0. The number of rotatable bonds is 1. The van der Waals surface area contributed by atoms with Gasteiger partial charge in [0.2, 0.25) is 0 Å². The SMILES string of the molecule is [2H]C1(C(=O)OC)CC2(CC(N)C2)C1. The van der Waals surface area contributed by atoms with E-state index in [1.807, 2.05) is 0 Å². The standard InChI is InChI=1S/C9H15NO2/c1-12-8(11)6-2-9(3-6)4-7(10)5-9/h6-7H,2-5,10H2,1H3/i6D. The summed E-state index contributed by atoms with van der Waals surface area (Å²) in [6, 6.07) is 0.294. The van der Waals surface area contributed by atoms with Crippen molar-refractivity contribution in [3.8, 4) is 0 Å². The van der Waals surface area contributed by atoms with Crippen LogP contribution in [0.25, 0.3) is 0 Å². The fourth-order valence-electron chi connectivity index (χ4n) is 2.48. The van der Waals surface area contributed by atoms with Gasteiger partial charge in [0.25, 0.3) is 0 Å². The van der Waals surface area contributed by atoms with Crippen LogP contribution in [0.5, 0.6) is 0 Å². The molecule has 0 aromatic heterocycles. The van der Waals surface area contributed by atoms with Crippen molar-refractivity contribution in [3.05, 3.63) is 0 Å². The van der Waals surface area contributed by atoms with Crippen molar-refractivity contribution in [2.75, 3.05) is 7.11 Å². The Hall–Kier alpha value is -0.570. The van der Waals surface area contributed by atoms with E-state index in [1.165, 1.54) is 7.11 Å². The van der Waals surface area contributed by atoms with Crippen molar-refractivity contribution in [1.82, 2.24) is 0 Å². The highest BCUT2D eigenvalue weighted by Crippen LogP contribution is 2.58. The maximum atomic E-state index is 11.2. The predicted molar refractivity (Wildman–Crippen MR) is 44.4 cm³/mol. The third-order valence-corrected chi connectivity index (χ3v) is 3.04. The van der Waals surface area contributed by atoms with Gasteiger partial charge >= 0.3 is 5.97 Å². The van der Waals surface area contributed by atoms with E-state index < -0.39 is 11.9 Å². The van der Waals surface area contributed by atoms with Crippen LogP contribution in [-0.2, 0) is 9.53 Å². The van der Waals surface area contributed by atoms with Crippen molar-refractivity contribution in [1.29, 1.82) is 0 Å². The topological polar surface area (TPSA) is 52.3 Å². The Balaban J connectivity index is 1.93. The van der Waals surface area contributed by atoms with Crippen LogP contribution < -0.4 is 5.73 Å². The first-order valence-corrected chi connectivity index (χ1v) is 4.34. The van der Waals surface area contributed by atoms with Crippen molar-refractivity contribution in [2.24, 2.45) is 17.0 Å². The fourth-order valence-corrected chi connectivity index (χ4v) is 2.48. The molecule has 0 amide bonds. The molecule has 3 nitrogen and oxygen atoms in total. The van der Waals surface area contributed by atoms with E-state index in [4.69, 9.17) is 7.10 Å². The lowest BCUT2D eigenvalue weighted by Gasteiger charge is -2.55. The lowest BCUT2D eigenvalue weighted by molar-refractivity contribution is -0.158. The number of methoxy groups -OCH3 is 1. The molecule has 0 saturated heterocycles. The highest BCUT2D eigenvalue weighted by Gasteiger charge is 2.54. The van der Waals surface area contributed by atoms with Crippen molar-refractivity contribution < 1.29 is 10.9 Å². The summed E-state index contributed by atoms with van der Waals surface area (Å²) in [6.45, 7) is 0. The van der Waals surface area contributed by atoms with Crippen LogP contribution in [0.2, 0.25) is 0 Å². The van der Waals surface area contributed by atoms with Crippen LogP contribution in [0.15, 0.2) is 0 Å². The second-order valence-electron chi connectivity index (χ2n) is 4.12. The van der Waals surface area contributed by atoms with Gasteiger partial charge in [0.15, 0.2) is 0 Å². The molecule has 0 atom stereocenters. The van der Waals surface area contributed by atoms with E-state index in [1.54, 1.807) is 0 Å². The molecule has 0 aromatic carbocycles. The lowest BCUT2D eigenvalue weighted by atomic mass is 9.50. The second kappa shape index (κ2) is 2.46. The molecular weight excluding hydrogens is 154 g/mol. The average Bonchev–Trinajstić information content (AvgIpc) is 1.97. The first-order valence-electron chi connectivity index (χ1n) is 4.84. The number of ether oxygens (including phenoxy) is 1. The van der Waals surface area contributed by atoms with Crippen molar-refractivity contribution in [3.63, 3.8) is 0 Å². The number of hydrogen-bond donors (Lipinski definition) is 1. The Kier molecular flexibility index (Phi) is 1.41. The number of hydrogen-bond acceptors (Lipinski definition) is 3. The minimum absolute atomic E-state index is 0.218. The molecule has 2 N–H and O–H groups in total. The highest BCUT2D eigenvalue weighted by molar-refractivity contribution is 5.73. The van der Waals surface area contributed by atoms with E-state index in [-0.39, 0.29) is 5.41 Å². The molecule has 2 aliphatic rings. The van der Waals surface area contributed by atoms with Gasteiger partial charge in [0.05, 0.1) is 13.0 Å². The molecule has 0 bridgehead atoms. The highest BCUT2D eigenvalue weighted by atomic mass is 16.5. The molecule has 68 valence electrons. The summed E-state index contributed by atoms with van der Waals surface area (Å²) < 4.78 is 12.4. The summed E-state index contributed by atoms with van der Waals surface area (Å²) in [7, 11) is 1.34. The quantitative estimate of drug-likeness (QED) is 0.589. The lowest BCUT2D eigenvalue weighted by Crippen LogP contribution is -2.54. The molecular formula is C9H15NO2. The van der Waals surface area contributed by atoms with Crippen LogP contribution >= 0.6 is 0 Å². The molecule has 0 aliphatic heterocycles. The number of carbonyl (C=O) groups is 1. The Morgan fingerprint density at radius 1 is 1.58 bits per heavy atom. The summed E-state index contributed by atoms with van der Waals surface area (Å²) in [5, 5.41) is 0. The molecule has 0 aromatic rings. The van der Waals surface area contributed by atoms with Gasteiger partial charge in [0, 0.05) is 7.41 Å². The normalized spacial score (nSPS) is 52.2. The Morgan fingerprint density at radius 2 is 2.17 bits per heavy atom. The van der Waals surface area contributed by atoms with E-state index in [0.29, 0.717) is 18.9 Å². The van der Waals surface area contributed by atoms with Crippen LogP contribution in [0, 0.1) is 11.3 Å². The summed E-state index contributed by atoms with van der Waals surface area (Å²) in [6.07, 6.45) is 3.23. The van der Waals surface area contributed by atoms with Gasteiger partial charge in [-0.05, 0) is 31.1 Å². The molecule has 0 heterocycles. The van der Waals surface area contributed by atoms with Crippen LogP contribution in [0.3, 0.4) is 0 Å². The Morgan fingerprint density at radius 3 is 2.58 bits per heavy atom. The minimum Gasteiger partial charge on any atom is -0.469 e. The second-order valence-corrected chi connectivity index (χ2v) is 4.12. The van der Waals surface area contributed by atoms with Crippen LogP contribution in [0.4, 0.5) is 0 Å². The van der Waals surface area contributed by atoms with Crippen LogP contribution in [-0.4, -0.2) is 19.1 Å². The van der Waals surface area contributed by atoms with Crippen molar-refractivity contribution >= 4 is 5.97 Å². The summed E-state index contributed by atoms with van der Waals surface area (Å²) in [5.74, 6) is -1.35. The largest absolute Gasteiger partial charge is 0.469 e. The van der Waals surface area contributed by atoms with Gasteiger partial charge in [-0.25, -0.2) is 0 Å². The minimum atomic E-state index is -0.963. The predicted octanol–water partition coefficient (Wildman–Crippen LogP) is 0.677. The average molecular weight is 170 g/mol. The van der Waals surface area contributed by atoms with Crippen molar-refractivity contribution in [2.45, 2.75) is 31.7 Å². The molecule has 0 unspecified atom stereocenters. The monoisotopic (exact) mass is 170 g/mol. The molecule has 2 rings (SSSR count). The zero-order valence-electron chi connectivity index (χ0n) is 8.30. The van der Waals surface area contributed by atoms with E-state index >= 15 is 0 Å². The summed E-state index contributed by atoms with van der Waals surface area (Å²) in [4.78, 5) is 11.2. The number of carbonyl (C=O) groups excluding carboxylic acids is 1. The molecule has 12 heavy (non-hydrogen) atoms. The smallest absolute Gasteiger partial charge is 0.308 e. The first-order chi connectivity index (χ1) is 6.00. The first kappa shape index (κ1) is 6.89. The molecule has 1 spiro atoms. The van der Waals surface area contributed by atoms with Gasteiger partial charge in [-0.1, -0.05) is 0 Å². The molecule has 0 radical (unpaired) electrons. The van der Waals surface area contributed by atoms with Gasteiger partial charge < -0.3 is 10.5 Å². The zero-order valence-corrected chi connectivity index (χ0v) is 7.30. The van der Waals surface area contributed by atoms with E-state index in [0.717, 1.165) is 12.8 Å². The number of esters is 1. The molecule has 3 heteroatoms. The Bertz CT molecular complexity index is 240. The zero-order chi connectivity index (χ0) is 9.69. The number of nitrogens with two attached hydrogens (primary N) is 1. The van der Waals surface area contributed by atoms with E-state index in [2.05, 4.69) is 4.74 Å². The van der Waals surface area contributed by atoms with E-state index in [9.17, 15) is 4.79 Å². The third-order valence-electron chi connectivity index (χ3n) is 3.04. The van der Waals surface area contributed by atoms with Gasteiger partial charge in [-0.2, -0.15) is 0 Å². The molecule has 2 saturated carbocycles. The van der Waals surface area contributed by atoms with Gasteiger partial charge in [-0.15, -0.1) is 0 Å². The maximum Gasteiger partial charge on any atom is 0.308 e.